The lowest BCUT2D eigenvalue weighted by atomic mass is 10.00. The zero-order valence-electron chi connectivity index (χ0n) is 15.8. The highest BCUT2D eigenvalue weighted by atomic mass is 16.1. The van der Waals surface area contributed by atoms with Crippen LogP contribution in [0.15, 0.2) is 79.1 Å². The third kappa shape index (κ3) is 3.93. The molecular formula is C24H22N2O. The molecule has 0 aliphatic carbocycles. The van der Waals surface area contributed by atoms with Gasteiger partial charge in [0, 0.05) is 28.9 Å². The van der Waals surface area contributed by atoms with Crippen molar-refractivity contribution in [2.24, 2.45) is 0 Å². The van der Waals surface area contributed by atoms with Gasteiger partial charge >= 0.3 is 0 Å². The number of carbonyl (C=O) groups is 1. The molecule has 3 nitrogen and oxygen atoms in total. The van der Waals surface area contributed by atoms with Crippen molar-refractivity contribution >= 4 is 16.7 Å². The number of rotatable bonds is 3. The molecule has 0 N–H and O–H groups in total. The van der Waals surface area contributed by atoms with Crippen LogP contribution in [0.4, 0.5) is 0 Å². The van der Waals surface area contributed by atoms with Crippen LogP contribution in [-0.2, 0) is 0 Å². The third-order valence-electron chi connectivity index (χ3n) is 4.29. The Bertz CT molecular complexity index is 1050. The Hall–Kier alpha value is -3.33. The van der Waals surface area contributed by atoms with Gasteiger partial charge in [0.25, 0.3) is 0 Å². The monoisotopic (exact) mass is 354 g/mol. The number of para-hydroxylation sites is 1. The Morgan fingerprint density at radius 1 is 0.778 bits per heavy atom. The molecule has 134 valence electrons. The Balaban J connectivity index is 0.00000102. The van der Waals surface area contributed by atoms with Crippen molar-refractivity contribution in [1.82, 2.24) is 9.97 Å². The van der Waals surface area contributed by atoms with Gasteiger partial charge in [0.1, 0.15) is 0 Å². The van der Waals surface area contributed by atoms with Crippen LogP contribution in [0.25, 0.3) is 33.3 Å². The topological polar surface area (TPSA) is 42.9 Å². The SMILES string of the molecule is CC.CC(=O)c1cc(-c2ccc(-c3ccncc3)cc2)nc2ccccc12. The maximum absolute atomic E-state index is 12.0. The molecule has 0 spiro atoms. The van der Waals surface area contributed by atoms with Crippen molar-refractivity contribution < 1.29 is 4.79 Å². The second-order valence-electron chi connectivity index (χ2n) is 5.94. The maximum Gasteiger partial charge on any atom is 0.160 e. The molecule has 0 aliphatic rings. The number of nitrogens with zero attached hydrogens (tertiary/aromatic N) is 2. The summed E-state index contributed by atoms with van der Waals surface area (Å²) in [5.41, 5.74) is 5.59. The molecule has 0 unspecified atom stereocenters. The van der Waals surface area contributed by atoms with Crippen LogP contribution in [0.3, 0.4) is 0 Å². The Labute approximate surface area is 159 Å². The number of aromatic nitrogens is 2. The van der Waals surface area contributed by atoms with Crippen molar-refractivity contribution in [2.75, 3.05) is 0 Å². The van der Waals surface area contributed by atoms with E-state index in [4.69, 9.17) is 4.98 Å². The fraction of sp³-hybridized carbons (Fsp3) is 0.125. The Morgan fingerprint density at radius 3 is 2.04 bits per heavy atom. The highest BCUT2D eigenvalue weighted by molar-refractivity contribution is 6.07. The molecule has 2 aromatic carbocycles. The van der Waals surface area contributed by atoms with Crippen molar-refractivity contribution in [1.29, 1.82) is 0 Å². The van der Waals surface area contributed by atoms with Crippen LogP contribution in [0.5, 0.6) is 0 Å². The molecule has 0 fully saturated rings. The highest BCUT2D eigenvalue weighted by Crippen LogP contribution is 2.27. The van der Waals surface area contributed by atoms with E-state index in [0.717, 1.165) is 33.3 Å². The molecule has 27 heavy (non-hydrogen) atoms. The van der Waals surface area contributed by atoms with Gasteiger partial charge in [-0.15, -0.1) is 0 Å². The van der Waals surface area contributed by atoms with Gasteiger partial charge in [-0.3, -0.25) is 9.78 Å². The quantitative estimate of drug-likeness (QED) is 0.412. The lowest BCUT2D eigenvalue weighted by Gasteiger charge is -2.09. The molecule has 0 radical (unpaired) electrons. The molecule has 4 rings (SSSR count). The van der Waals surface area contributed by atoms with E-state index < -0.39 is 0 Å². The minimum Gasteiger partial charge on any atom is -0.294 e. The van der Waals surface area contributed by atoms with E-state index in [9.17, 15) is 4.79 Å². The molecule has 0 aliphatic heterocycles. The average Bonchev–Trinajstić information content (AvgIpc) is 2.75. The van der Waals surface area contributed by atoms with Crippen LogP contribution in [0.1, 0.15) is 31.1 Å². The maximum atomic E-state index is 12.0. The van der Waals surface area contributed by atoms with E-state index in [1.807, 2.05) is 68.4 Å². The molecule has 2 heterocycles. The largest absolute Gasteiger partial charge is 0.294 e. The second-order valence-corrected chi connectivity index (χ2v) is 5.94. The summed E-state index contributed by atoms with van der Waals surface area (Å²) >= 11 is 0. The van der Waals surface area contributed by atoms with Gasteiger partial charge in [-0.25, -0.2) is 4.98 Å². The first-order valence-corrected chi connectivity index (χ1v) is 9.14. The standard InChI is InChI=1S/C22H16N2O.C2H6/c1-15(25)20-14-22(24-21-5-3-2-4-19(20)21)18-8-6-16(7-9-18)17-10-12-23-13-11-17;1-2/h2-14H,1H3;1-2H3. The van der Waals surface area contributed by atoms with E-state index in [2.05, 4.69) is 17.1 Å². The number of carbonyl (C=O) groups excluding carboxylic acids is 1. The van der Waals surface area contributed by atoms with Crippen LogP contribution in [0.2, 0.25) is 0 Å². The highest BCUT2D eigenvalue weighted by Gasteiger charge is 2.10. The van der Waals surface area contributed by atoms with E-state index in [1.54, 1.807) is 19.3 Å². The van der Waals surface area contributed by atoms with Crippen LogP contribution in [0, 0.1) is 0 Å². The summed E-state index contributed by atoms with van der Waals surface area (Å²) in [7, 11) is 0. The minimum atomic E-state index is 0.0493. The number of hydrogen-bond donors (Lipinski definition) is 0. The van der Waals surface area contributed by atoms with Crippen molar-refractivity contribution in [3.05, 3.63) is 84.7 Å². The summed E-state index contributed by atoms with van der Waals surface area (Å²) < 4.78 is 0. The van der Waals surface area contributed by atoms with Gasteiger partial charge in [-0.1, -0.05) is 56.3 Å². The molecule has 4 aromatic rings. The van der Waals surface area contributed by atoms with Gasteiger partial charge in [0.2, 0.25) is 0 Å². The van der Waals surface area contributed by atoms with Crippen LogP contribution in [-0.4, -0.2) is 15.8 Å². The molecule has 0 saturated heterocycles. The summed E-state index contributed by atoms with van der Waals surface area (Å²) in [5, 5.41) is 0.896. The predicted molar refractivity (Wildman–Crippen MR) is 112 cm³/mol. The molecule has 0 amide bonds. The molecular weight excluding hydrogens is 332 g/mol. The number of Topliss-reactive ketones (excluding diaryl/α,β-unsaturated/α-hetero) is 1. The van der Waals surface area contributed by atoms with Crippen LogP contribution >= 0.6 is 0 Å². The zero-order valence-corrected chi connectivity index (χ0v) is 15.8. The van der Waals surface area contributed by atoms with E-state index in [0.29, 0.717) is 5.56 Å². The summed E-state index contributed by atoms with van der Waals surface area (Å²) in [6.45, 7) is 5.60. The first kappa shape index (κ1) is 18.5. The first-order chi connectivity index (χ1) is 13.2. The number of pyridine rings is 2. The van der Waals surface area contributed by atoms with Gasteiger partial charge in [0.05, 0.1) is 11.2 Å². The summed E-state index contributed by atoms with van der Waals surface area (Å²) in [4.78, 5) is 20.8. The van der Waals surface area contributed by atoms with Gasteiger partial charge < -0.3 is 0 Å². The molecule has 0 saturated carbocycles. The van der Waals surface area contributed by atoms with Gasteiger partial charge in [0.15, 0.2) is 5.78 Å². The Kier molecular flexibility index (Phi) is 5.72. The number of benzene rings is 2. The molecule has 0 atom stereocenters. The fourth-order valence-corrected chi connectivity index (χ4v) is 2.99. The normalized spacial score (nSPS) is 10.2. The predicted octanol–water partition coefficient (Wildman–Crippen LogP) is 6.19. The van der Waals surface area contributed by atoms with Crippen molar-refractivity contribution in [3.63, 3.8) is 0 Å². The zero-order chi connectivity index (χ0) is 19.2. The first-order valence-electron chi connectivity index (χ1n) is 9.14. The second kappa shape index (κ2) is 8.37. The molecule has 0 bridgehead atoms. The summed E-state index contributed by atoms with van der Waals surface area (Å²) in [6.07, 6.45) is 3.57. The molecule has 2 aromatic heterocycles. The van der Waals surface area contributed by atoms with Crippen molar-refractivity contribution in [3.8, 4) is 22.4 Å². The smallest absolute Gasteiger partial charge is 0.160 e. The number of fused-ring (bicyclic) bond motifs is 1. The summed E-state index contributed by atoms with van der Waals surface area (Å²) in [5.74, 6) is 0.0493. The Morgan fingerprint density at radius 2 is 1.37 bits per heavy atom. The minimum absolute atomic E-state index is 0.0493. The lowest BCUT2D eigenvalue weighted by Crippen LogP contribution is -1.97. The third-order valence-corrected chi connectivity index (χ3v) is 4.29. The summed E-state index contributed by atoms with van der Waals surface area (Å²) in [6, 6.07) is 21.8. The lowest BCUT2D eigenvalue weighted by molar-refractivity contribution is 0.101. The van der Waals surface area contributed by atoms with E-state index >= 15 is 0 Å². The number of hydrogen-bond acceptors (Lipinski definition) is 3. The van der Waals surface area contributed by atoms with E-state index in [1.165, 1.54) is 0 Å². The average molecular weight is 354 g/mol. The molecule has 3 heteroatoms. The number of ketones is 1. The van der Waals surface area contributed by atoms with Gasteiger partial charge in [-0.2, -0.15) is 0 Å². The van der Waals surface area contributed by atoms with E-state index in [-0.39, 0.29) is 5.78 Å². The van der Waals surface area contributed by atoms with Gasteiger partial charge in [-0.05, 0) is 42.3 Å². The van der Waals surface area contributed by atoms with Crippen molar-refractivity contribution in [2.45, 2.75) is 20.8 Å². The fourth-order valence-electron chi connectivity index (χ4n) is 2.99. The van der Waals surface area contributed by atoms with Crippen LogP contribution < -0.4 is 0 Å².